The van der Waals surface area contributed by atoms with Gasteiger partial charge in [0.2, 0.25) is 5.75 Å². The first-order valence-electron chi connectivity index (χ1n) is 11.6. The van der Waals surface area contributed by atoms with E-state index in [1.54, 1.807) is 6.07 Å². The maximum Gasteiger partial charge on any atom is 0.312 e. The molecule has 2 fully saturated rings. The number of allylic oxidation sites excluding steroid dienone is 2. The molecule has 0 radical (unpaired) electrons. The molecule has 3 aliphatic rings. The highest BCUT2D eigenvalue weighted by Gasteiger charge is 2.59. The zero-order valence-electron chi connectivity index (χ0n) is 18.9. The third-order valence-corrected chi connectivity index (χ3v) is 7.73. The minimum absolute atomic E-state index is 0.0147. The van der Waals surface area contributed by atoms with Gasteiger partial charge in [0.15, 0.2) is 0 Å². The Morgan fingerprint density at radius 3 is 2.47 bits per heavy atom. The van der Waals surface area contributed by atoms with Crippen molar-refractivity contribution in [1.29, 1.82) is 0 Å². The van der Waals surface area contributed by atoms with Gasteiger partial charge in [-0.15, -0.1) is 0 Å². The molecule has 8 nitrogen and oxygen atoms in total. The summed E-state index contributed by atoms with van der Waals surface area (Å²) >= 11 is 3.31. The summed E-state index contributed by atoms with van der Waals surface area (Å²) in [6.07, 6.45) is 6.15. The van der Waals surface area contributed by atoms with Gasteiger partial charge < -0.3 is 4.74 Å². The van der Waals surface area contributed by atoms with Crippen molar-refractivity contribution in [1.82, 2.24) is 5.01 Å². The fraction of sp³-hybridized carbons (Fsp3) is 0.222. The number of ether oxygens (including phenoxy) is 1. The fourth-order valence-corrected chi connectivity index (χ4v) is 6.14. The molecule has 2 amide bonds. The number of halogens is 1. The topological polar surface area (TPSA) is 102 Å². The molecule has 2 bridgehead atoms. The van der Waals surface area contributed by atoms with Gasteiger partial charge in [-0.25, -0.2) is 0 Å². The molecule has 180 valence electrons. The van der Waals surface area contributed by atoms with Crippen molar-refractivity contribution in [3.05, 3.63) is 92.5 Å². The number of hydrogen-bond acceptors (Lipinski definition) is 6. The van der Waals surface area contributed by atoms with E-state index in [0.717, 1.165) is 27.8 Å². The van der Waals surface area contributed by atoms with E-state index in [2.05, 4.69) is 21.0 Å². The minimum atomic E-state index is -0.527. The van der Waals surface area contributed by atoms with Crippen molar-refractivity contribution in [2.24, 2.45) is 28.8 Å². The van der Waals surface area contributed by atoms with Crippen LogP contribution in [0.4, 0.5) is 5.69 Å². The second-order valence-electron chi connectivity index (χ2n) is 9.26. The first-order valence-corrected chi connectivity index (χ1v) is 12.4. The number of nitro benzene ring substituents is 1. The molecular weight excluding hydrogens is 526 g/mol. The maximum absolute atomic E-state index is 13.0. The van der Waals surface area contributed by atoms with Crippen LogP contribution in [0.1, 0.15) is 17.5 Å². The zero-order chi connectivity index (χ0) is 25.0. The second kappa shape index (κ2) is 8.67. The number of fused-ring (bicyclic) bond motifs is 6. The van der Waals surface area contributed by atoms with E-state index in [1.165, 1.54) is 12.3 Å². The number of nitrogens with zero attached hydrogens (tertiary/aromatic N) is 3. The number of hydrazone groups is 1. The third-order valence-electron chi connectivity index (χ3n) is 7.27. The van der Waals surface area contributed by atoms with Gasteiger partial charge in [-0.2, -0.15) is 10.1 Å². The van der Waals surface area contributed by atoms with Crippen LogP contribution in [-0.4, -0.2) is 28.0 Å². The minimum Gasteiger partial charge on any atom is -0.481 e. The molecule has 3 aromatic carbocycles. The molecule has 1 saturated heterocycles. The Hall–Kier alpha value is -3.85. The highest BCUT2D eigenvalue weighted by molar-refractivity contribution is 9.10. The lowest BCUT2D eigenvalue weighted by molar-refractivity contribution is -0.386. The van der Waals surface area contributed by atoms with Crippen molar-refractivity contribution in [2.45, 2.75) is 13.0 Å². The van der Waals surface area contributed by atoms with Gasteiger partial charge in [0.1, 0.15) is 6.61 Å². The number of nitro groups is 1. The quantitative estimate of drug-likeness (QED) is 0.139. The average Bonchev–Trinajstić information content (AvgIpc) is 3.55. The van der Waals surface area contributed by atoms with Crippen molar-refractivity contribution in [3.8, 4) is 5.75 Å². The van der Waals surface area contributed by atoms with Crippen LogP contribution < -0.4 is 4.74 Å². The van der Waals surface area contributed by atoms with Gasteiger partial charge in [-0.3, -0.25) is 19.7 Å². The van der Waals surface area contributed by atoms with Crippen LogP contribution in [0.15, 0.2) is 76.3 Å². The van der Waals surface area contributed by atoms with E-state index < -0.39 is 4.92 Å². The molecule has 0 aromatic heterocycles. The first-order chi connectivity index (χ1) is 17.4. The van der Waals surface area contributed by atoms with Gasteiger partial charge in [0.05, 0.1) is 23.0 Å². The molecule has 0 N–H and O–H groups in total. The van der Waals surface area contributed by atoms with Crippen molar-refractivity contribution in [2.75, 3.05) is 0 Å². The summed E-state index contributed by atoms with van der Waals surface area (Å²) in [5, 5.41) is 19.0. The van der Waals surface area contributed by atoms with Crippen LogP contribution in [-0.2, 0) is 16.2 Å². The van der Waals surface area contributed by atoms with Crippen LogP contribution >= 0.6 is 15.9 Å². The predicted molar refractivity (Wildman–Crippen MR) is 136 cm³/mol. The van der Waals surface area contributed by atoms with E-state index in [1.807, 2.05) is 54.6 Å². The van der Waals surface area contributed by atoms with Gasteiger partial charge in [-0.05, 0) is 40.7 Å². The zero-order valence-corrected chi connectivity index (χ0v) is 20.5. The summed E-state index contributed by atoms with van der Waals surface area (Å²) in [4.78, 5) is 37.3. The number of hydrogen-bond donors (Lipinski definition) is 0. The smallest absolute Gasteiger partial charge is 0.312 e. The van der Waals surface area contributed by atoms with E-state index in [9.17, 15) is 19.7 Å². The molecule has 0 spiro atoms. The normalized spacial score (nSPS) is 24.3. The van der Waals surface area contributed by atoms with Crippen LogP contribution in [0, 0.1) is 33.8 Å². The number of carbonyl (C=O) groups is 2. The largest absolute Gasteiger partial charge is 0.481 e. The summed E-state index contributed by atoms with van der Waals surface area (Å²) in [7, 11) is 0. The highest BCUT2D eigenvalue weighted by Crippen LogP contribution is 2.52. The summed E-state index contributed by atoms with van der Waals surface area (Å²) < 4.78 is 6.46. The molecular formula is C27H20BrN3O5. The lowest BCUT2D eigenvalue weighted by Gasteiger charge is -2.13. The Morgan fingerprint density at radius 1 is 1.06 bits per heavy atom. The first kappa shape index (κ1) is 22.6. The SMILES string of the molecule is O=C1[C@@H]2[C@H](C(=O)N1N=Cc1cc(Br)cc([N+](=O)[O-])c1OCc1cccc3ccccc13)[C@H]1C=C[C@H]2C1. The predicted octanol–water partition coefficient (Wildman–Crippen LogP) is 5.23. The number of benzene rings is 3. The molecule has 36 heavy (non-hydrogen) atoms. The van der Waals surface area contributed by atoms with E-state index in [4.69, 9.17) is 4.74 Å². The number of rotatable bonds is 6. The lowest BCUT2D eigenvalue weighted by Crippen LogP contribution is -2.28. The van der Waals surface area contributed by atoms with E-state index >= 15 is 0 Å². The molecule has 1 heterocycles. The fourth-order valence-electron chi connectivity index (χ4n) is 5.68. The molecule has 4 atom stereocenters. The molecule has 0 unspecified atom stereocenters. The van der Waals surface area contributed by atoms with Crippen molar-refractivity contribution >= 4 is 50.4 Å². The van der Waals surface area contributed by atoms with Gasteiger partial charge in [-0.1, -0.05) is 70.5 Å². The van der Waals surface area contributed by atoms with E-state index in [-0.39, 0.29) is 59.1 Å². The Morgan fingerprint density at radius 2 is 1.75 bits per heavy atom. The molecule has 6 rings (SSSR count). The molecule has 3 aromatic rings. The summed E-state index contributed by atoms with van der Waals surface area (Å²) in [5.41, 5.74) is 0.910. The number of carbonyl (C=O) groups excluding carboxylic acids is 2. The Labute approximate surface area is 214 Å². The van der Waals surface area contributed by atoms with Crippen LogP contribution in [0.2, 0.25) is 0 Å². The average molecular weight is 546 g/mol. The Balaban J connectivity index is 1.33. The summed E-state index contributed by atoms with van der Waals surface area (Å²) in [5.74, 6) is -1.22. The summed E-state index contributed by atoms with van der Waals surface area (Å²) in [6, 6.07) is 16.6. The van der Waals surface area contributed by atoms with Gasteiger partial charge in [0.25, 0.3) is 11.8 Å². The number of amides is 2. The van der Waals surface area contributed by atoms with Crippen molar-refractivity contribution in [3.63, 3.8) is 0 Å². The van der Waals surface area contributed by atoms with E-state index in [0.29, 0.717) is 4.47 Å². The third kappa shape index (κ3) is 3.62. The Kier molecular flexibility index (Phi) is 5.44. The number of imide groups is 1. The molecule has 1 aliphatic heterocycles. The molecule has 2 aliphatic carbocycles. The van der Waals surface area contributed by atoms with Crippen LogP contribution in [0.25, 0.3) is 10.8 Å². The highest BCUT2D eigenvalue weighted by atomic mass is 79.9. The van der Waals surface area contributed by atoms with Crippen LogP contribution in [0.5, 0.6) is 5.75 Å². The monoisotopic (exact) mass is 545 g/mol. The van der Waals surface area contributed by atoms with Crippen LogP contribution in [0.3, 0.4) is 0 Å². The van der Waals surface area contributed by atoms with Gasteiger partial charge in [0, 0.05) is 16.1 Å². The van der Waals surface area contributed by atoms with Gasteiger partial charge >= 0.3 is 5.69 Å². The lowest BCUT2D eigenvalue weighted by atomic mass is 9.85. The standard InChI is InChI=1S/C27H20BrN3O5/c28-20-11-19(13-29-30-26(32)23-16-8-9-17(10-16)24(23)27(30)33)25(22(12-20)31(34)35)36-14-18-6-3-5-15-4-1-2-7-21(15)18/h1-9,11-13,16-17,23-24H,10,14H2/t16-,17-,23-,24+/m0/s1. The molecule has 1 saturated carbocycles. The second-order valence-corrected chi connectivity index (χ2v) is 10.2. The molecule has 9 heteroatoms. The Bertz CT molecular complexity index is 1460. The van der Waals surface area contributed by atoms with Crippen molar-refractivity contribution < 1.29 is 19.2 Å². The maximum atomic E-state index is 13.0. The summed E-state index contributed by atoms with van der Waals surface area (Å²) in [6.45, 7) is 0.0887.